The minimum absolute atomic E-state index is 0.142. The van der Waals surface area contributed by atoms with Gasteiger partial charge in [0.1, 0.15) is 0 Å². The molecule has 21 heavy (non-hydrogen) atoms. The van der Waals surface area contributed by atoms with Gasteiger partial charge in [0, 0.05) is 18.8 Å². The quantitative estimate of drug-likeness (QED) is 0.838. The van der Waals surface area contributed by atoms with E-state index >= 15 is 0 Å². The molecule has 1 aliphatic carbocycles. The predicted molar refractivity (Wildman–Crippen MR) is 92.7 cm³/mol. The van der Waals surface area contributed by atoms with Crippen molar-refractivity contribution in [3.05, 3.63) is 30.3 Å². The first-order valence-electron chi connectivity index (χ1n) is 8.66. The second-order valence-corrected chi connectivity index (χ2v) is 6.93. The zero-order valence-corrected chi connectivity index (χ0v) is 14.0. The van der Waals surface area contributed by atoms with Crippen LogP contribution in [-0.4, -0.2) is 18.6 Å². The average Bonchev–Trinajstić information content (AvgIpc) is 2.51. The molecule has 1 aliphatic rings. The molecule has 0 radical (unpaired) electrons. The highest BCUT2D eigenvalue weighted by atomic mass is 15.2. The third-order valence-corrected chi connectivity index (χ3v) is 5.44. The number of para-hydroxylation sites is 1. The van der Waals surface area contributed by atoms with Gasteiger partial charge in [0.05, 0.1) is 5.54 Å². The lowest BCUT2D eigenvalue weighted by molar-refractivity contribution is 0.158. The van der Waals surface area contributed by atoms with E-state index in [9.17, 15) is 0 Å². The van der Waals surface area contributed by atoms with Gasteiger partial charge in [-0.15, -0.1) is 0 Å². The first kappa shape index (κ1) is 16.4. The van der Waals surface area contributed by atoms with Crippen LogP contribution >= 0.6 is 0 Å². The third kappa shape index (κ3) is 3.42. The standard InChI is InChI=1S/C19H32N2/c1-4-5-13-21(18-9-7-6-8-10-18)19(15-20)12-11-16(2)14-17(19)3/h6-10,16-17H,4-5,11-15,20H2,1-3H3. The Morgan fingerprint density at radius 2 is 1.95 bits per heavy atom. The van der Waals surface area contributed by atoms with Crippen molar-refractivity contribution in [2.45, 2.75) is 58.4 Å². The summed E-state index contributed by atoms with van der Waals surface area (Å²) < 4.78 is 0. The van der Waals surface area contributed by atoms with Crippen LogP contribution in [0.15, 0.2) is 30.3 Å². The number of nitrogens with zero attached hydrogens (tertiary/aromatic N) is 1. The SMILES string of the molecule is CCCCN(c1ccccc1)C1(CN)CCC(C)CC1C. The molecule has 118 valence electrons. The van der Waals surface area contributed by atoms with E-state index in [-0.39, 0.29) is 5.54 Å². The van der Waals surface area contributed by atoms with E-state index in [0.29, 0.717) is 5.92 Å². The van der Waals surface area contributed by atoms with E-state index < -0.39 is 0 Å². The van der Waals surface area contributed by atoms with E-state index in [0.717, 1.165) is 19.0 Å². The highest BCUT2D eigenvalue weighted by Gasteiger charge is 2.43. The van der Waals surface area contributed by atoms with Crippen LogP contribution in [0.4, 0.5) is 5.69 Å². The summed E-state index contributed by atoms with van der Waals surface area (Å²) in [4.78, 5) is 2.63. The van der Waals surface area contributed by atoms with Crippen LogP contribution in [0, 0.1) is 11.8 Å². The monoisotopic (exact) mass is 288 g/mol. The maximum absolute atomic E-state index is 6.34. The number of nitrogens with two attached hydrogens (primary N) is 1. The molecule has 0 spiro atoms. The molecule has 0 saturated heterocycles. The molecule has 1 aromatic rings. The summed E-state index contributed by atoms with van der Waals surface area (Å²) in [6.45, 7) is 8.95. The smallest absolute Gasteiger partial charge is 0.0549 e. The molecule has 2 heteroatoms. The molecular formula is C19H32N2. The van der Waals surface area contributed by atoms with Crippen LogP contribution in [-0.2, 0) is 0 Å². The molecule has 0 amide bonds. The van der Waals surface area contributed by atoms with Crippen molar-refractivity contribution >= 4 is 5.69 Å². The normalized spacial score (nSPS) is 29.3. The minimum Gasteiger partial charge on any atom is -0.364 e. The van der Waals surface area contributed by atoms with Crippen LogP contribution in [0.2, 0.25) is 0 Å². The van der Waals surface area contributed by atoms with Crippen molar-refractivity contribution in [1.82, 2.24) is 0 Å². The fourth-order valence-electron chi connectivity index (χ4n) is 4.03. The Kier molecular flexibility index (Phi) is 5.69. The topological polar surface area (TPSA) is 29.3 Å². The summed E-state index contributed by atoms with van der Waals surface area (Å²) in [6, 6.07) is 10.9. The van der Waals surface area contributed by atoms with E-state index in [2.05, 4.69) is 56.0 Å². The molecule has 2 rings (SSSR count). The Morgan fingerprint density at radius 1 is 1.24 bits per heavy atom. The van der Waals surface area contributed by atoms with Crippen molar-refractivity contribution in [3.63, 3.8) is 0 Å². The Hall–Kier alpha value is -1.02. The van der Waals surface area contributed by atoms with Crippen molar-refractivity contribution in [2.24, 2.45) is 17.6 Å². The number of rotatable bonds is 6. The molecule has 3 unspecified atom stereocenters. The maximum atomic E-state index is 6.34. The Bertz CT molecular complexity index is 417. The Morgan fingerprint density at radius 3 is 2.52 bits per heavy atom. The van der Waals surface area contributed by atoms with Gasteiger partial charge in [-0.1, -0.05) is 45.4 Å². The van der Waals surface area contributed by atoms with Gasteiger partial charge < -0.3 is 10.6 Å². The predicted octanol–water partition coefficient (Wildman–Crippen LogP) is 4.45. The molecule has 0 aromatic heterocycles. The van der Waals surface area contributed by atoms with Gasteiger partial charge in [0.25, 0.3) is 0 Å². The fourth-order valence-corrected chi connectivity index (χ4v) is 4.03. The summed E-state index contributed by atoms with van der Waals surface area (Å²) in [5, 5.41) is 0. The summed E-state index contributed by atoms with van der Waals surface area (Å²) in [6.07, 6.45) is 6.29. The van der Waals surface area contributed by atoms with Crippen molar-refractivity contribution in [1.29, 1.82) is 0 Å². The molecule has 0 heterocycles. The number of anilines is 1. The van der Waals surface area contributed by atoms with Gasteiger partial charge in [0.2, 0.25) is 0 Å². The Labute approximate surface area is 130 Å². The van der Waals surface area contributed by atoms with Crippen LogP contribution in [0.25, 0.3) is 0 Å². The number of benzene rings is 1. The highest BCUT2D eigenvalue weighted by Crippen LogP contribution is 2.42. The van der Waals surface area contributed by atoms with Crippen molar-refractivity contribution in [3.8, 4) is 0 Å². The lowest BCUT2D eigenvalue weighted by Gasteiger charge is -2.52. The molecule has 2 nitrogen and oxygen atoms in total. The molecule has 0 bridgehead atoms. The minimum atomic E-state index is 0.142. The number of hydrogen-bond acceptors (Lipinski definition) is 2. The van der Waals surface area contributed by atoms with Gasteiger partial charge in [-0.3, -0.25) is 0 Å². The van der Waals surface area contributed by atoms with Crippen LogP contribution < -0.4 is 10.6 Å². The molecule has 1 aromatic carbocycles. The molecular weight excluding hydrogens is 256 g/mol. The van der Waals surface area contributed by atoms with Crippen LogP contribution in [0.3, 0.4) is 0 Å². The summed E-state index contributed by atoms with van der Waals surface area (Å²) in [5.74, 6) is 1.49. The summed E-state index contributed by atoms with van der Waals surface area (Å²) >= 11 is 0. The van der Waals surface area contributed by atoms with Crippen molar-refractivity contribution in [2.75, 3.05) is 18.0 Å². The molecule has 1 saturated carbocycles. The van der Waals surface area contributed by atoms with Gasteiger partial charge >= 0.3 is 0 Å². The summed E-state index contributed by atoms with van der Waals surface area (Å²) in [5.41, 5.74) is 7.83. The van der Waals surface area contributed by atoms with Gasteiger partial charge in [0.15, 0.2) is 0 Å². The van der Waals surface area contributed by atoms with Crippen LogP contribution in [0.5, 0.6) is 0 Å². The molecule has 2 N–H and O–H groups in total. The largest absolute Gasteiger partial charge is 0.364 e. The van der Waals surface area contributed by atoms with E-state index in [1.807, 2.05) is 0 Å². The highest BCUT2D eigenvalue weighted by molar-refractivity contribution is 5.49. The Balaban J connectivity index is 2.32. The fraction of sp³-hybridized carbons (Fsp3) is 0.684. The van der Waals surface area contributed by atoms with E-state index in [1.165, 1.54) is 37.8 Å². The second kappa shape index (κ2) is 7.31. The molecule has 1 fully saturated rings. The summed E-state index contributed by atoms with van der Waals surface area (Å²) in [7, 11) is 0. The number of hydrogen-bond donors (Lipinski definition) is 1. The average molecular weight is 288 g/mol. The molecule has 3 atom stereocenters. The van der Waals surface area contributed by atoms with Gasteiger partial charge in [-0.25, -0.2) is 0 Å². The lowest BCUT2D eigenvalue weighted by Crippen LogP contribution is -2.60. The van der Waals surface area contributed by atoms with E-state index in [4.69, 9.17) is 5.73 Å². The van der Waals surface area contributed by atoms with Crippen LogP contribution in [0.1, 0.15) is 52.9 Å². The van der Waals surface area contributed by atoms with Crippen molar-refractivity contribution < 1.29 is 0 Å². The zero-order valence-electron chi connectivity index (χ0n) is 14.0. The van der Waals surface area contributed by atoms with Gasteiger partial charge in [-0.05, 0) is 49.7 Å². The molecule has 0 aliphatic heterocycles. The second-order valence-electron chi connectivity index (χ2n) is 6.93. The third-order valence-electron chi connectivity index (χ3n) is 5.44. The maximum Gasteiger partial charge on any atom is 0.0549 e. The van der Waals surface area contributed by atoms with Gasteiger partial charge in [-0.2, -0.15) is 0 Å². The zero-order chi connectivity index (χ0) is 15.3. The number of unbranched alkanes of at least 4 members (excludes halogenated alkanes) is 1. The van der Waals surface area contributed by atoms with E-state index in [1.54, 1.807) is 0 Å². The first-order valence-corrected chi connectivity index (χ1v) is 8.66. The first-order chi connectivity index (χ1) is 10.1. The lowest BCUT2D eigenvalue weighted by atomic mass is 9.68.